The molecule has 1 aliphatic rings. The van der Waals surface area contributed by atoms with Crippen LogP contribution >= 0.6 is 0 Å². The lowest BCUT2D eigenvalue weighted by Gasteiger charge is -2.25. The molecule has 1 aliphatic heterocycles. The van der Waals surface area contributed by atoms with Crippen molar-refractivity contribution in [3.8, 4) is 0 Å². The molecule has 72 valence electrons. The Hall–Kier alpha value is -1.91. The van der Waals surface area contributed by atoms with Crippen molar-refractivity contribution in [2.75, 3.05) is 0 Å². The van der Waals surface area contributed by atoms with Crippen LogP contribution in [0.2, 0.25) is 0 Å². The van der Waals surface area contributed by atoms with Crippen molar-refractivity contribution < 1.29 is 14.5 Å². The third-order valence-electron chi connectivity index (χ3n) is 2.08. The van der Waals surface area contributed by atoms with E-state index in [1.165, 1.54) is 12.1 Å². The zero-order valence-corrected chi connectivity index (χ0v) is 7.17. The number of carbonyl (C=O) groups excluding carboxylic acids is 1. The van der Waals surface area contributed by atoms with Crippen molar-refractivity contribution in [3.63, 3.8) is 0 Å². The maximum absolute atomic E-state index is 10.5. The smallest absolute Gasteiger partial charge is 0.310 e. The van der Waals surface area contributed by atoms with E-state index in [0.29, 0.717) is 12.0 Å². The number of esters is 1. The van der Waals surface area contributed by atoms with Gasteiger partial charge in [-0.05, 0) is 5.56 Å². The largest absolute Gasteiger partial charge is 0.457 e. The summed E-state index contributed by atoms with van der Waals surface area (Å²) in [5.74, 6) is -0.262. The van der Waals surface area contributed by atoms with Crippen molar-refractivity contribution in [2.45, 2.75) is 12.5 Å². The fourth-order valence-electron chi connectivity index (χ4n) is 1.32. The van der Waals surface area contributed by atoms with Crippen LogP contribution in [-0.2, 0) is 9.53 Å². The molecule has 0 N–H and O–H groups in total. The molecule has 14 heavy (non-hydrogen) atoms. The number of cyclic esters (lactones) is 1. The highest BCUT2D eigenvalue weighted by Gasteiger charge is 2.30. The Labute approximate surface area is 79.4 Å². The van der Waals surface area contributed by atoms with Crippen LogP contribution in [0.5, 0.6) is 0 Å². The summed E-state index contributed by atoms with van der Waals surface area (Å²) >= 11 is 0. The molecule has 1 fully saturated rings. The average Bonchev–Trinajstić information content (AvgIpc) is 2.13. The Balaban J connectivity index is 2.22. The topological polar surface area (TPSA) is 69.4 Å². The molecule has 5 heteroatoms. The highest BCUT2D eigenvalue weighted by atomic mass is 16.6. The first-order chi connectivity index (χ1) is 6.66. The van der Waals surface area contributed by atoms with Gasteiger partial charge >= 0.3 is 5.97 Å². The first-order valence-electron chi connectivity index (χ1n) is 4.10. The Morgan fingerprint density at radius 1 is 1.50 bits per heavy atom. The Morgan fingerprint density at radius 3 is 2.79 bits per heavy atom. The van der Waals surface area contributed by atoms with Crippen LogP contribution in [0.3, 0.4) is 0 Å². The van der Waals surface area contributed by atoms with Gasteiger partial charge in [0.1, 0.15) is 6.10 Å². The van der Waals surface area contributed by atoms with Gasteiger partial charge < -0.3 is 4.74 Å². The second-order valence-corrected chi connectivity index (χ2v) is 3.03. The lowest BCUT2D eigenvalue weighted by atomic mass is 10.0. The molecular weight excluding hydrogens is 186 g/mol. The molecule has 0 aromatic heterocycles. The molecule has 1 unspecified atom stereocenters. The monoisotopic (exact) mass is 193 g/mol. The van der Waals surface area contributed by atoms with Crippen molar-refractivity contribution >= 4 is 11.7 Å². The van der Waals surface area contributed by atoms with Gasteiger partial charge in [0.25, 0.3) is 5.69 Å². The van der Waals surface area contributed by atoms with Crippen LogP contribution in [0.25, 0.3) is 0 Å². The van der Waals surface area contributed by atoms with E-state index in [4.69, 9.17) is 4.74 Å². The third-order valence-corrected chi connectivity index (χ3v) is 2.08. The second-order valence-electron chi connectivity index (χ2n) is 3.03. The lowest BCUT2D eigenvalue weighted by molar-refractivity contribution is -0.385. The van der Waals surface area contributed by atoms with E-state index < -0.39 is 4.92 Å². The summed E-state index contributed by atoms with van der Waals surface area (Å²) in [6.45, 7) is 0. The van der Waals surface area contributed by atoms with Gasteiger partial charge in [-0.2, -0.15) is 0 Å². The molecule has 2 rings (SSSR count). The van der Waals surface area contributed by atoms with Crippen LogP contribution in [0.15, 0.2) is 24.3 Å². The molecule has 1 heterocycles. The van der Waals surface area contributed by atoms with E-state index in [9.17, 15) is 14.9 Å². The molecule has 0 amide bonds. The van der Waals surface area contributed by atoms with Crippen molar-refractivity contribution in [3.05, 3.63) is 39.9 Å². The van der Waals surface area contributed by atoms with E-state index in [1.54, 1.807) is 12.1 Å². The Bertz CT molecular complexity index is 394. The minimum absolute atomic E-state index is 0.0189. The number of nitro benzene ring substituents is 1. The predicted octanol–water partition coefficient (Wildman–Crippen LogP) is 1.58. The summed E-state index contributed by atoms with van der Waals surface area (Å²) in [6, 6.07) is 6.13. The number of carbonyl (C=O) groups is 1. The Kier molecular flexibility index (Phi) is 1.92. The third kappa shape index (κ3) is 1.44. The van der Waals surface area contributed by atoms with Crippen LogP contribution in [0, 0.1) is 10.1 Å². The molecule has 0 aliphatic carbocycles. The highest BCUT2D eigenvalue weighted by molar-refractivity contribution is 5.75. The minimum Gasteiger partial charge on any atom is -0.457 e. The SMILES string of the molecule is O=C1CC(c2cccc([N+](=O)[O-])c2)O1. The summed E-state index contributed by atoms with van der Waals surface area (Å²) in [7, 11) is 0. The molecule has 1 saturated heterocycles. The first kappa shape index (κ1) is 8.68. The lowest BCUT2D eigenvalue weighted by Crippen LogP contribution is -2.25. The molecular formula is C9H7NO4. The Morgan fingerprint density at radius 2 is 2.21 bits per heavy atom. The number of non-ortho nitro benzene ring substituents is 1. The van der Waals surface area contributed by atoms with Crippen molar-refractivity contribution in [2.24, 2.45) is 0 Å². The molecule has 0 saturated carbocycles. The standard InChI is InChI=1S/C9H7NO4/c11-9-5-8(14-9)6-2-1-3-7(4-6)10(12)13/h1-4,8H,5H2. The van der Waals surface area contributed by atoms with Gasteiger partial charge in [-0.1, -0.05) is 12.1 Å². The summed E-state index contributed by atoms with van der Waals surface area (Å²) in [4.78, 5) is 20.5. The van der Waals surface area contributed by atoms with Gasteiger partial charge in [0.2, 0.25) is 0 Å². The summed E-state index contributed by atoms with van der Waals surface area (Å²) in [5, 5.41) is 10.4. The highest BCUT2D eigenvalue weighted by Crippen LogP contribution is 2.31. The van der Waals surface area contributed by atoms with Gasteiger partial charge in [0.15, 0.2) is 0 Å². The zero-order chi connectivity index (χ0) is 10.1. The maximum Gasteiger partial charge on any atom is 0.310 e. The van der Waals surface area contributed by atoms with Crippen molar-refractivity contribution in [1.29, 1.82) is 0 Å². The number of nitro groups is 1. The van der Waals surface area contributed by atoms with Crippen LogP contribution in [0.1, 0.15) is 18.1 Å². The van der Waals surface area contributed by atoms with E-state index in [2.05, 4.69) is 0 Å². The van der Waals surface area contributed by atoms with E-state index in [0.717, 1.165) is 0 Å². The first-order valence-corrected chi connectivity index (χ1v) is 4.10. The molecule has 1 aromatic rings. The van der Waals surface area contributed by atoms with Gasteiger partial charge in [0, 0.05) is 12.1 Å². The van der Waals surface area contributed by atoms with Gasteiger partial charge in [-0.3, -0.25) is 14.9 Å². The molecule has 1 aromatic carbocycles. The van der Waals surface area contributed by atoms with E-state index >= 15 is 0 Å². The number of rotatable bonds is 2. The average molecular weight is 193 g/mol. The normalized spacial score (nSPS) is 19.7. The summed E-state index contributed by atoms with van der Waals surface area (Å²) in [5.41, 5.74) is 0.698. The van der Waals surface area contributed by atoms with Gasteiger partial charge in [-0.25, -0.2) is 0 Å². The van der Waals surface area contributed by atoms with Crippen LogP contribution < -0.4 is 0 Å². The zero-order valence-electron chi connectivity index (χ0n) is 7.17. The van der Waals surface area contributed by atoms with Crippen LogP contribution in [0.4, 0.5) is 5.69 Å². The molecule has 5 nitrogen and oxygen atoms in total. The number of hydrogen-bond donors (Lipinski definition) is 0. The quantitative estimate of drug-likeness (QED) is 0.406. The number of nitrogens with zero attached hydrogens (tertiary/aromatic N) is 1. The van der Waals surface area contributed by atoms with Crippen LogP contribution in [-0.4, -0.2) is 10.9 Å². The molecule has 1 atom stereocenters. The molecule has 0 radical (unpaired) electrons. The molecule has 0 spiro atoms. The van der Waals surface area contributed by atoms with E-state index in [1.807, 2.05) is 0 Å². The summed E-state index contributed by atoms with van der Waals surface area (Å²) in [6.07, 6.45) is 0.00338. The van der Waals surface area contributed by atoms with E-state index in [-0.39, 0.29) is 17.8 Å². The number of benzene rings is 1. The van der Waals surface area contributed by atoms with Gasteiger partial charge in [-0.15, -0.1) is 0 Å². The molecule has 0 bridgehead atoms. The van der Waals surface area contributed by atoms with Crippen molar-refractivity contribution in [1.82, 2.24) is 0 Å². The van der Waals surface area contributed by atoms with Gasteiger partial charge in [0.05, 0.1) is 11.3 Å². The number of hydrogen-bond acceptors (Lipinski definition) is 4. The minimum atomic E-state index is -0.468. The maximum atomic E-state index is 10.5. The second kappa shape index (κ2) is 3.10. The number of ether oxygens (including phenoxy) is 1. The fourth-order valence-corrected chi connectivity index (χ4v) is 1.32. The fraction of sp³-hybridized carbons (Fsp3) is 0.222. The summed E-state index contributed by atoms with van der Waals surface area (Å²) < 4.78 is 4.80. The predicted molar refractivity (Wildman–Crippen MR) is 46.5 cm³/mol.